The summed E-state index contributed by atoms with van der Waals surface area (Å²) in [6, 6.07) is 10.6. The van der Waals surface area contributed by atoms with Crippen LogP contribution in [-0.2, 0) is 0 Å². The maximum Gasteiger partial charge on any atom is 0.317 e. The molecule has 102 valence electrons. The number of nitrogens with one attached hydrogen (secondary N) is 1. The molecule has 0 spiro atoms. The Labute approximate surface area is 113 Å². The van der Waals surface area contributed by atoms with E-state index in [1.54, 1.807) is 4.90 Å². The number of hydrogen-bond acceptors (Lipinski definition) is 2. The van der Waals surface area contributed by atoms with Crippen LogP contribution in [0.5, 0.6) is 0 Å². The molecule has 2 unspecified atom stereocenters. The molecule has 1 aliphatic heterocycles. The minimum Gasteiger partial charge on any atom is -0.394 e. The summed E-state index contributed by atoms with van der Waals surface area (Å²) in [5.41, 5.74) is 1.30. The number of rotatable bonds is 3. The lowest BCUT2D eigenvalue weighted by molar-refractivity contribution is 0.157. The van der Waals surface area contributed by atoms with Gasteiger partial charge in [-0.05, 0) is 24.8 Å². The quantitative estimate of drug-likeness (QED) is 0.869. The lowest BCUT2D eigenvalue weighted by Gasteiger charge is -2.23. The molecule has 3 atom stereocenters. The van der Waals surface area contributed by atoms with Crippen molar-refractivity contribution < 1.29 is 9.90 Å². The van der Waals surface area contributed by atoms with Crippen molar-refractivity contribution in [2.75, 3.05) is 13.2 Å². The summed E-state index contributed by atoms with van der Waals surface area (Å²) >= 11 is 0. The average Bonchev–Trinajstić information content (AvgIpc) is 3.04. The first-order valence-electron chi connectivity index (χ1n) is 7.02. The van der Waals surface area contributed by atoms with E-state index in [0.717, 1.165) is 25.8 Å². The highest BCUT2D eigenvalue weighted by Crippen LogP contribution is 2.40. The van der Waals surface area contributed by atoms with Crippen molar-refractivity contribution in [3.63, 3.8) is 0 Å². The van der Waals surface area contributed by atoms with Gasteiger partial charge in [0.2, 0.25) is 0 Å². The minimum absolute atomic E-state index is 0.00826. The van der Waals surface area contributed by atoms with Gasteiger partial charge in [-0.1, -0.05) is 30.3 Å². The smallest absolute Gasteiger partial charge is 0.317 e. The molecule has 1 aliphatic carbocycles. The monoisotopic (exact) mass is 260 g/mol. The van der Waals surface area contributed by atoms with Crippen LogP contribution in [0.2, 0.25) is 0 Å². The van der Waals surface area contributed by atoms with E-state index in [-0.39, 0.29) is 24.7 Å². The van der Waals surface area contributed by atoms with Gasteiger partial charge < -0.3 is 15.3 Å². The van der Waals surface area contributed by atoms with E-state index in [2.05, 4.69) is 17.4 Å². The molecule has 1 heterocycles. The molecule has 4 nitrogen and oxygen atoms in total. The number of urea groups is 1. The second-order valence-corrected chi connectivity index (χ2v) is 5.48. The highest BCUT2D eigenvalue weighted by molar-refractivity contribution is 5.76. The van der Waals surface area contributed by atoms with Crippen molar-refractivity contribution in [1.82, 2.24) is 10.2 Å². The first kappa shape index (κ1) is 12.5. The normalized spacial score (nSPS) is 29.3. The zero-order valence-corrected chi connectivity index (χ0v) is 11.0. The van der Waals surface area contributed by atoms with Gasteiger partial charge in [0.15, 0.2) is 0 Å². The Kier molecular flexibility index (Phi) is 3.42. The summed E-state index contributed by atoms with van der Waals surface area (Å²) < 4.78 is 0. The minimum atomic E-state index is -0.0139. The number of nitrogens with zero attached hydrogens (tertiary/aromatic N) is 1. The van der Waals surface area contributed by atoms with Gasteiger partial charge in [0.25, 0.3) is 0 Å². The van der Waals surface area contributed by atoms with Crippen molar-refractivity contribution in [3.05, 3.63) is 35.9 Å². The van der Waals surface area contributed by atoms with Crippen LogP contribution < -0.4 is 5.32 Å². The van der Waals surface area contributed by atoms with Gasteiger partial charge >= 0.3 is 6.03 Å². The molecular weight excluding hydrogens is 240 g/mol. The number of benzene rings is 1. The topological polar surface area (TPSA) is 52.6 Å². The Morgan fingerprint density at radius 1 is 1.37 bits per heavy atom. The molecule has 1 saturated heterocycles. The summed E-state index contributed by atoms with van der Waals surface area (Å²) in [5.74, 6) is 0.459. The van der Waals surface area contributed by atoms with Gasteiger partial charge in [0.05, 0.1) is 12.6 Å². The van der Waals surface area contributed by atoms with Gasteiger partial charge in [0.1, 0.15) is 0 Å². The molecule has 1 aromatic carbocycles. The molecule has 0 aromatic heterocycles. The highest BCUT2D eigenvalue weighted by atomic mass is 16.3. The Balaban J connectivity index is 1.55. The highest BCUT2D eigenvalue weighted by Gasteiger charge is 2.41. The third-order valence-electron chi connectivity index (χ3n) is 4.18. The molecule has 2 N–H and O–H groups in total. The molecular formula is C15H20N2O2. The van der Waals surface area contributed by atoms with Gasteiger partial charge in [-0.15, -0.1) is 0 Å². The van der Waals surface area contributed by atoms with Crippen LogP contribution in [0.3, 0.4) is 0 Å². The van der Waals surface area contributed by atoms with E-state index in [9.17, 15) is 9.90 Å². The fraction of sp³-hybridized carbons (Fsp3) is 0.533. The molecule has 2 amide bonds. The lowest BCUT2D eigenvalue weighted by Crippen LogP contribution is -2.45. The van der Waals surface area contributed by atoms with Gasteiger partial charge in [-0.25, -0.2) is 4.79 Å². The van der Waals surface area contributed by atoms with Gasteiger partial charge in [0, 0.05) is 18.5 Å². The number of aliphatic hydroxyl groups is 1. The van der Waals surface area contributed by atoms with Crippen molar-refractivity contribution in [2.45, 2.75) is 37.3 Å². The second kappa shape index (κ2) is 5.21. The molecule has 1 saturated carbocycles. The summed E-state index contributed by atoms with van der Waals surface area (Å²) in [4.78, 5) is 13.9. The molecule has 0 bridgehead atoms. The molecule has 4 heteroatoms. The first-order valence-corrected chi connectivity index (χ1v) is 7.02. The SMILES string of the molecule is O=C(NC1CC1c1ccccc1)N1CCC[C@H]1CO. The first-order chi connectivity index (χ1) is 9.29. The number of carbonyl (C=O) groups is 1. The second-order valence-electron chi connectivity index (χ2n) is 5.48. The predicted molar refractivity (Wildman–Crippen MR) is 72.9 cm³/mol. The van der Waals surface area contributed by atoms with E-state index >= 15 is 0 Å². The van der Waals surface area contributed by atoms with Crippen LogP contribution in [0.15, 0.2) is 30.3 Å². The maximum atomic E-state index is 12.1. The Morgan fingerprint density at radius 3 is 2.89 bits per heavy atom. The fourth-order valence-corrected chi connectivity index (χ4v) is 2.96. The molecule has 3 rings (SSSR count). The largest absolute Gasteiger partial charge is 0.394 e. The molecule has 2 aliphatic rings. The fourth-order valence-electron chi connectivity index (χ4n) is 2.96. The number of carbonyl (C=O) groups excluding carboxylic acids is 1. The van der Waals surface area contributed by atoms with Crippen LogP contribution in [0.25, 0.3) is 0 Å². The van der Waals surface area contributed by atoms with E-state index in [1.165, 1.54) is 5.56 Å². The Hall–Kier alpha value is -1.55. The summed E-state index contributed by atoms with van der Waals surface area (Å²) in [7, 11) is 0. The number of likely N-dealkylation sites (tertiary alicyclic amines) is 1. The standard InChI is InChI=1S/C15H20N2O2/c18-10-12-7-4-8-17(12)15(19)16-14-9-13(14)11-5-2-1-3-6-11/h1-3,5-6,12-14,18H,4,7-10H2,(H,16,19)/t12-,13?,14?/m0/s1. The molecule has 1 aromatic rings. The molecule has 19 heavy (non-hydrogen) atoms. The van der Waals surface area contributed by atoms with Crippen LogP contribution in [0.4, 0.5) is 4.79 Å². The van der Waals surface area contributed by atoms with Crippen LogP contribution in [0, 0.1) is 0 Å². The summed E-state index contributed by atoms with van der Waals surface area (Å²) in [5, 5.41) is 12.3. The maximum absolute atomic E-state index is 12.1. The Bertz CT molecular complexity index is 449. The van der Waals surface area contributed by atoms with E-state index in [0.29, 0.717) is 5.92 Å². The van der Waals surface area contributed by atoms with Gasteiger partial charge in [-0.2, -0.15) is 0 Å². The third-order valence-corrected chi connectivity index (χ3v) is 4.18. The summed E-state index contributed by atoms with van der Waals surface area (Å²) in [6.07, 6.45) is 2.93. The lowest BCUT2D eigenvalue weighted by atomic mass is 10.1. The van der Waals surface area contributed by atoms with Crippen molar-refractivity contribution in [1.29, 1.82) is 0 Å². The van der Waals surface area contributed by atoms with E-state index in [4.69, 9.17) is 0 Å². The van der Waals surface area contributed by atoms with Gasteiger partial charge in [-0.3, -0.25) is 0 Å². The predicted octanol–water partition coefficient (Wildman–Crippen LogP) is 1.71. The number of hydrogen-bond donors (Lipinski definition) is 2. The van der Waals surface area contributed by atoms with Crippen molar-refractivity contribution in [3.8, 4) is 0 Å². The zero-order valence-electron chi connectivity index (χ0n) is 11.0. The zero-order chi connectivity index (χ0) is 13.2. The van der Waals surface area contributed by atoms with Crippen molar-refractivity contribution >= 4 is 6.03 Å². The average molecular weight is 260 g/mol. The number of aliphatic hydroxyl groups excluding tert-OH is 1. The van der Waals surface area contributed by atoms with Crippen molar-refractivity contribution in [2.24, 2.45) is 0 Å². The van der Waals surface area contributed by atoms with Crippen LogP contribution >= 0.6 is 0 Å². The summed E-state index contributed by atoms with van der Waals surface area (Å²) in [6.45, 7) is 0.833. The molecule has 0 radical (unpaired) electrons. The van der Waals surface area contributed by atoms with Crippen LogP contribution in [0.1, 0.15) is 30.7 Å². The third kappa shape index (κ3) is 2.59. The molecule has 2 fully saturated rings. The van der Waals surface area contributed by atoms with E-state index < -0.39 is 0 Å². The Morgan fingerprint density at radius 2 is 2.16 bits per heavy atom. The van der Waals surface area contributed by atoms with E-state index in [1.807, 2.05) is 18.2 Å². The number of amides is 2. The van der Waals surface area contributed by atoms with Crippen LogP contribution in [-0.4, -0.2) is 41.3 Å².